The number of aldehydes is 1. The molecule has 10 heteroatoms. The number of hydrogen-bond acceptors (Lipinski definition) is 6. The molecule has 31 heavy (non-hydrogen) atoms. The number of aromatic hydroxyl groups is 2. The minimum atomic E-state index is -0.150. The second kappa shape index (κ2) is 15.7. The summed E-state index contributed by atoms with van der Waals surface area (Å²) in [5.41, 5.74) is 1.94. The van der Waals surface area contributed by atoms with E-state index in [2.05, 4.69) is 69.0 Å². The Morgan fingerprint density at radius 1 is 1.06 bits per heavy atom. The first-order valence-electron chi connectivity index (χ1n) is 8.76. The van der Waals surface area contributed by atoms with E-state index in [1.54, 1.807) is 13.2 Å². The molecule has 2 aromatic carbocycles. The molecule has 2 aromatic rings. The Labute approximate surface area is 216 Å². The van der Waals surface area contributed by atoms with Gasteiger partial charge in [-0.2, -0.15) is 0 Å². The van der Waals surface area contributed by atoms with Gasteiger partial charge in [0.1, 0.15) is 6.61 Å². The van der Waals surface area contributed by atoms with Crippen molar-refractivity contribution in [3.63, 3.8) is 0 Å². The van der Waals surface area contributed by atoms with Crippen molar-refractivity contribution < 1.29 is 24.5 Å². The van der Waals surface area contributed by atoms with E-state index in [-0.39, 0.29) is 18.1 Å². The molecule has 0 saturated heterocycles. The predicted octanol–water partition coefficient (Wildman–Crippen LogP) is 6.68. The maximum atomic E-state index is 10.2. The van der Waals surface area contributed by atoms with E-state index in [4.69, 9.17) is 9.47 Å². The number of allylic oxidation sites excluding steroid dienone is 1. The zero-order chi connectivity index (χ0) is 24.1. The van der Waals surface area contributed by atoms with Gasteiger partial charge < -0.3 is 25.0 Å². The number of rotatable bonds is 5. The number of hydrogen-bond donors (Lipinski definition) is 3. The summed E-state index contributed by atoms with van der Waals surface area (Å²) in [6, 6.07) is 5.10. The van der Waals surface area contributed by atoms with Crippen molar-refractivity contribution in [3.8, 4) is 23.0 Å². The summed E-state index contributed by atoms with van der Waals surface area (Å²) >= 11 is 13.2. The SMILES string of the molecule is CC(C)=Cc1cc(O)c(O)c(Br)c1Br.CNC.COc1cc(Br)cc(Br)c1OCC=O. The number of methoxy groups -OCH3 is 1. The van der Waals surface area contributed by atoms with Crippen molar-refractivity contribution in [2.45, 2.75) is 13.8 Å². The van der Waals surface area contributed by atoms with Crippen LogP contribution in [0.1, 0.15) is 19.4 Å². The predicted molar refractivity (Wildman–Crippen MR) is 139 cm³/mol. The summed E-state index contributed by atoms with van der Waals surface area (Å²) in [7, 11) is 5.29. The first-order valence-corrected chi connectivity index (χ1v) is 11.9. The number of benzene rings is 2. The fourth-order valence-corrected chi connectivity index (χ4v) is 4.13. The van der Waals surface area contributed by atoms with Gasteiger partial charge in [0.2, 0.25) is 0 Å². The average Bonchev–Trinajstić information content (AvgIpc) is 2.70. The molecule has 0 aromatic heterocycles. The van der Waals surface area contributed by atoms with E-state index in [0.717, 1.165) is 24.6 Å². The maximum absolute atomic E-state index is 10.2. The van der Waals surface area contributed by atoms with Gasteiger partial charge in [0, 0.05) is 8.95 Å². The lowest BCUT2D eigenvalue weighted by molar-refractivity contribution is -0.109. The van der Waals surface area contributed by atoms with Crippen molar-refractivity contribution in [1.82, 2.24) is 5.32 Å². The number of carbonyl (C=O) groups excluding carboxylic acids is 1. The zero-order valence-electron chi connectivity index (χ0n) is 17.7. The molecular weight excluding hydrogens is 666 g/mol. The molecule has 2 rings (SSSR count). The summed E-state index contributed by atoms with van der Waals surface area (Å²) in [6.45, 7) is 3.94. The first kappa shape index (κ1) is 29.9. The van der Waals surface area contributed by atoms with Crippen LogP contribution in [0.2, 0.25) is 0 Å². The molecule has 0 spiro atoms. The van der Waals surface area contributed by atoms with Gasteiger partial charge in [-0.25, -0.2) is 0 Å². The number of carbonyl (C=O) groups is 1. The van der Waals surface area contributed by atoms with Crippen LogP contribution in [-0.4, -0.2) is 44.3 Å². The van der Waals surface area contributed by atoms with E-state index in [1.807, 2.05) is 40.1 Å². The highest BCUT2D eigenvalue weighted by Gasteiger charge is 2.12. The molecule has 0 amide bonds. The smallest absolute Gasteiger partial charge is 0.176 e. The number of ether oxygens (including phenoxy) is 2. The molecule has 0 atom stereocenters. The normalized spacial score (nSPS) is 9.45. The Hall–Kier alpha value is -1.07. The molecule has 172 valence electrons. The molecule has 0 unspecified atom stereocenters. The van der Waals surface area contributed by atoms with Gasteiger partial charge in [-0.3, -0.25) is 4.79 Å². The third-order valence-electron chi connectivity index (χ3n) is 3.12. The zero-order valence-corrected chi connectivity index (χ0v) is 24.1. The fraction of sp³-hybridized carbons (Fsp3) is 0.286. The van der Waals surface area contributed by atoms with E-state index in [0.29, 0.717) is 22.3 Å². The second-order valence-corrected chi connectivity index (χ2v) is 9.44. The van der Waals surface area contributed by atoms with Crippen molar-refractivity contribution in [2.24, 2.45) is 0 Å². The van der Waals surface area contributed by atoms with Crippen LogP contribution in [0.5, 0.6) is 23.0 Å². The standard InChI is InChI=1S/C10H10Br2O2.C9H8Br2O3.C2H7N/c1-5(2)3-6-4-7(13)10(14)9(12)8(6)11;1-13-8-5-6(10)4-7(11)9(8)14-3-2-12;1-3-2/h3-4,13-14H,1-2H3;2,4-5H,3H2,1H3;3H,1-2H3. The van der Waals surface area contributed by atoms with Gasteiger partial charge in [-0.1, -0.05) is 27.6 Å². The maximum Gasteiger partial charge on any atom is 0.176 e. The van der Waals surface area contributed by atoms with Crippen LogP contribution in [0, 0.1) is 0 Å². The van der Waals surface area contributed by atoms with Gasteiger partial charge in [0.05, 0.1) is 16.1 Å². The summed E-state index contributed by atoms with van der Waals surface area (Å²) in [4.78, 5) is 10.2. The molecular formula is C21H25Br4NO5. The molecule has 0 aliphatic heterocycles. The van der Waals surface area contributed by atoms with Gasteiger partial charge >= 0.3 is 0 Å². The highest BCUT2D eigenvalue weighted by molar-refractivity contribution is 9.13. The lowest BCUT2D eigenvalue weighted by Gasteiger charge is -2.10. The highest BCUT2D eigenvalue weighted by Crippen LogP contribution is 2.41. The molecule has 0 radical (unpaired) electrons. The average molecular weight is 691 g/mol. The second-order valence-electron chi connectivity index (χ2n) is 6.08. The molecule has 0 bridgehead atoms. The van der Waals surface area contributed by atoms with Gasteiger partial charge in [-0.05, 0) is 99.5 Å². The number of phenolic OH excluding ortho intramolecular Hbond substituents is 2. The van der Waals surface area contributed by atoms with Crippen LogP contribution >= 0.6 is 63.7 Å². The topological polar surface area (TPSA) is 88.0 Å². The van der Waals surface area contributed by atoms with E-state index >= 15 is 0 Å². The van der Waals surface area contributed by atoms with Crippen molar-refractivity contribution in [1.29, 1.82) is 0 Å². The Bertz CT molecular complexity index is 900. The Morgan fingerprint density at radius 2 is 1.65 bits per heavy atom. The lowest BCUT2D eigenvalue weighted by Crippen LogP contribution is -2.00. The largest absolute Gasteiger partial charge is 0.504 e. The van der Waals surface area contributed by atoms with E-state index in [9.17, 15) is 15.0 Å². The van der Waals surface area contributed by atoms with Crippen molar-refractivity contribution in [2.75, 3.05) is 27.8 Å². The van der Waals surface area contributed by atoms with Crippen LogP contribution in [0.3, 0.4) is 0 Å². The molecule has 0 saturated carbocycles. The van der Waals surface area contributed by atoms with Crippen LogP contribution in [0.15, 0.2) is 41.7 Å². The van der Waals surface area contributed by atoms with Gasteiger partial charge in [0.15, 0.2) is 29.3 Å². The van der Waals surface area contributed by atoms with Crippen molar-refractivity contribution in [3.05, 3.63) is 47.2 Å². The minimum Gasteiger partial charge on any atom is -0.504 e. The summed E-state index contributed by atoms with van der Waals surface area (Å²) < 4.78 is 13.1. The van der Waals surface area contributed by atoms with Crippen LogP contribution in [0.25, 0.3) is 6.08 Å². The first-order chi connectivity index (χ1) is 14.5. The number of nitrogens with one attached hydrogen (secondary N) is 1. The van der Waals surface area contributed by atoms with Crippen LogP contribution in [-0.2, 0) is 4.79 Å². The molecule has 0 fully saturated rings. The molecule has 6 nitrogen and oxygen atoms in total. The monoisotopic (exact) mass is 687 g/mol. The quantitative estimate of drug-likeness (QED) is 0.240. The molecule has 0 aliphatic carbocycles. The lowest BCUT2D eigenvalue weighted by atomic mass is 10.1. The van der Waals surface area contributed by atoms with Crippen LogP contribution in [0.4, 0.5) is 0 Å². The van der Waals surface area contributed by atoms with Crippen molar-refractivity contribution >= 4 is 76.1 Å². The summed E-state index contributed by atoms with van der Waals surface area (Å²) in [5.74, 6) is 0.825. The van der Waals surface area contributed by atoms with E-state index in [1.165, 1.54) is 6.07 Å². The van der Waals surface area contributed by atoms with E-state index < -0.39 is 0 Å². The Morgan fingerprint density at radius 3 is 2.13 bits per heavy atom. The molecule has 3 N–H and O–H groups in total. The Balaban J connectivity index is 0.000000516. The third kappa shape index (κ3) is 10.4. The van der Waals surface area contributed by atoms with Gasteiger partial charge in [-0.15, -0.1) is 0 Å². The summed E-state index contributed by atoms with van der Waals surface area (Å²) in [6.07, 6.45) is 2.60. The molecule has 0 aliphatic rings. The number of halogens is 4. The Kier molecular flexibility index (Phi) is 15.1. The van der Waals surface area contributed by atoms with Crippen LogP contribution < -0.4 is 14.8 Å². The van der Waals surface area contributed by atoms with Gasteiger partial charge in [0.25, 0.3) is 0 Å². The third-order valence-corrected chi connectivity index (χ3v) is 6.33. The minimum absolute atomic E-state index is 0.0105. The fourth-order valence-electron chi connectivity index (χ4n) is 1.98. The summed E-state index contributed by atoms with van der Waals surface area (Å²) in [5, 5.41) is 21.5. The molecule has 0 heterocycles. The number of phenols is 2. The highest BCUT2D eigenvalue weighted by atomic mass is 79.9.